The Balaban J connectivity index is 1.66. The Morgan fingerprint density at radius 1 is 1.36 bits per heavy atom. The van der Waals surface area contributed by atoms with E-state index in [1.165, 1.54) is 0 Å². The maximum absolute atomic E-state index is 5.91. The Morgan fingerprint density at radius 2 is 2.23 bits per heavy atom. The van der Waals surface area contributed by atoms with Gasteiger partial charge in [0.1, 0.15) is 17.7 Å². The van der Waals surface area contributed by atoms with Crippen LogP contribution in [0.2, 0.25) is 0 Å². The molecular formula is C16H23N5O. The van der Waals surface area contributed by atoms with Crippen LogP contribution in [0, 0.1) is 5.92 Å². The maximum atomic E-state index is 5.91. The number of nitrogens with one attached hydrogen (secondary N) is 1. The van der Waals surface area contributed by atoms with E-state index >= 15 is 0 Å². The first-order chi connectivity index (χ1) is 10.6. The molecule has 2 aromatic heterocycles. The van der Waals surface area contributed by atoms with Crippen LogP contribution < -0.4 is 5.32 Å². The molecule has 6 nitrogen and oxygen atoms in total. The van der Waals surface area contributed by atoms with Crippen molar-refractivity contribution in [3.05, 3.63) is 36.0 Å². The van der Waals surface area contributed by atoms with Gasteiger partial charge in [-0.05, 0) is 18.6 Å². The predicted octanol–water partition coefficient (Wildman–Crippen LogP) is 2.52. The van der Waals surface area contributed by atoms with Crippen molar-refractivity contribution in [3.8, 4) is 0 Å². The minimum Gasteiger partial charge on any atom is -0.372 e. The van der Waals surface area contributed by atoms with Crippen LogP contribution in [0.15, 0.2) is 24.5 Å². The van der Waals surface area contributed by atoms with Crippen LogP contribution in [0.3, 0.4) is 0 Å². The molecule has 0 amide bonds. The van der Waals surface area contributed by atoms with E-state index in [1.807, 2.05) is 36.3 Å². The minimum atomic E-state index is 0.103. The van der Waals surface area contributed by atoms with Gasteiger partial charge in [0, 0.05) is 44.4 Å². The van der Waals surface area contributed by atoms with Crippen molar-refractivity contribution < 1.29 is 4.74 Å². The average molecular weight is 301 g/mol. The molecule has 3 rings (SSSR count). The molecule has 6 heteroatoms. The fourth-order valence-electron chi connectivity index (χ4n) is 2.82. The molecule has 0 aromatic carbocycles. The lowest BCUT2D eigenvalue weighted by atomic mass is 9.99. The van der Waals surface area contributed by atoms with Gasteiger partial charge >= 0.3 is 0 Å². The van der Waals surface area contributed by atoms with Gasteiger partial charge in [-0.3, -0.25) is 4.68 Å². The van der Waals surface area contributed by atoms with Gasteiger partial charge in [0.2, 0.25) is 0 Å². The zero-order valence-corrected chi connectivity index (χ0v) is 13.4. The molecule has 0 aliphatic carbocycles. The molecule has 0 saturated carbocycles. The third-order valence-corrected chi connectivity index (χ3v) is 4.10. The number of hydrogen-bond acceptors (Lipinski definition) is 5. The first-order valence-corrected chi connectivity index (χ1v) is 7.81. The minimum absolute atomic E-state index is 0.103. The molecule has 1 N–H and O–H groups in total. The third kappa shape index (κ3) is 3.11. The average Bonchev–Trinajstić information content (AvgIpc) is 3.13. The lowest BCUT2D eigenvalue weighted by Gasteiger charge is -2.19. The summed E-state index contributed by atoms with van der Waals surface area (Å²) in [4.78, 5) is 8.86. The largest absolute Gasteiger partial charge is 0.372 e. The van der Waals surface area contributed by atoms with E-state index in [2.05, 4.69) is 34.2 Å². The Kier molecular flexibility index (Phi) is 4.38. The van der Waals surface area contributed by atoms with Gasteiger partial charge in [0.15, 0.2) is 0 Å². The molecular weight excluding hydrogens is 278 g/mol. The van der Waals surface area contributed by atoms with Crippen LogP contribution in [0.25, 0.3) is 0 Å². The van der Waals surface area contributed by atoms with Crippen molar-refractivity contribution in [2.45, 2.75) is 32.3 Å². The molecule has 1 aliphatic heterocycles. The molecule has 22 heavy (non-hydrogen) atoms. The second-order valence-corrected chi connectivity index (χ2v) is 6.06. The fourth-order valence-corrected chi connectivity index (χ4v) is 2.82. The van der Waals surface area contributed by atoms with Gasteiger partial charge in [-0.15, -0.1) is 0 Å². The van der Waals surface area contributed by atoms with Crippen LogP contribution in [0.1, 0.15) is 43.8 Å². The molecule has 1 aliphatic rings. The summed E-state index contributed by atoms with van der Waals surface area (Å²) in [6, 6.07) is 3.95. The van der Waals surface area contributed by atoms with Crippen LogP contribution in [0.4, 0.5) is 5.82 Å². The highest BCUT2D eigenvalue weighted by Crippen LogP contribution is 2.34. The first kappa shape index (κ1) is 15.0. The molecule has 1 saturated heterocycles. The van der Waals surface area contributed by atoms with Gasteiger partial charge in [-0.25, -0.2) is 9.97 Å². The topological polar surface area (TPSA) is 64.9 Å². The van der Waals surface area contributed by atoms with Gasteiger partial charge in [0.25, 0.3) is 0 Å². The van der Waals surface area contributed by atoms with E-state index < -0.39 is 0 Å². The zero-order valence-electron chi connectivity index (χ0n) is 13.4. The number of rotatable bonds is 5. The summed E-state index contributed by atoms with van der Waals surface area (Å²) in [6.07, 6.45) is 4.78. The molecule has 1 fully saturated rings. The van der Waals surface area contributed by atoms with E-state index in [1.54, 1.807) is 0 Å². The molecule has 2 aromatic rings. The number of anilines is 1. The second kappa shape index (κ2) is 6.44. The summed E-state index contributed by atoms with van der Waals surface area (Å²) >= 11 is 0. The number of aromatic nitrogens is 4. The maximum Gasteiger partial charge on any atom is 0.133 e. The first-order valence-electron chi connectivity index (χ1n) is 7.81. The lowest BCUT2D eigenvalue weighted by molar-refractivity contribution is 0.0866. The quantitative estimate of drug-likeness (QED) is 0.919. The van der Waals surface area contributed by atoms with Crippen LogP contribution in [-0.4, -0.2) is 32.9 Å². The van der Waals surface area contributed by atoms with Crippen LogP contribution >= 0.6 is 0 Å². The Hall–Kier alpha value is -1.95. The molecule has 118 valence electrons. The van der Waals surface area contributed by atoms with E-state index in [0.29, 0.717) is 11.8 Å². The van der Waals surface area contributed by atoms with E-state index in [-0.39, 0.29) is 6.10 Å². The predicted molar refractivity (Wildman–Crippen MR) is 84.6 cm³/mol. The van der Waals surface area contributed by atoms with Crippen LogP contribution in [0.5, 0.6) is 0 Å². The van der Waals surface area contributed by atoms with E-state index in [4.69, 9.17) is 4.74 Å². The summed E-state index contributed by atoms with van der Waals surface area (Å²) < 4.78 is 7.80. The third-order valence-electron chi connectivity index (χ3n) is 4.10. The molecule has 3 heterocycles. The van der Waals surface area contributed by atoms with Gasteiger partial charge < -0.3 is 10.1 Å². The van der Waals surface area contributed by atoms with E-state index in [0.717, 1.165) is 36.9 Å². The smallest absolute Gasteiger partial charge is 0.133 e. The lowest BCUT2D eigenvalue weighted by Crippen LogP contribution is -2.20. The van der Waals surface area contributed by atoms with E-state index in [9.17, 15) is 0 Å². The molecule has 2 atom stereocenters. The summed E-state index contributed by atoms with van der Waals surface area (Å²) in [7, 11) is 1.96. The Morgan fingerprint density at radius 3 is 2.95 bits per heavy atom. The highest BCUT2D eigenvalue weighted by molar-refractivity contribution is 5.33. The highest BCUT2D eigenvalue weighted by atomic mass is 16.5. The number of nitrogens with zero attached hydrogens (tertiary/aromatic N) is 4. The molecule has 0 bridgehead atoms. The number of hydrogen-bond donors (Lipinski definition) is 1. The monoisotopic (exact) mass is 301 g/mol. The summed E-state index contributed by atoms with van der Waals surface area (Å²) in [6.45, 7) is 5.83. The Bertz CT molecular complexity index is 625. The normalized spacial score (nSPS) is 21.5. The molecule has 0 radical (unpaired) electrons. The highest BCUT2D eigenvalue weighted by Gasteiger charge is 2.31. The SMILES string of the molecule is CC(C)c1nccc(NC[C@@H]2CCO[C@H]2c2ccnn2C)n1. The summed E-state index contributed by atoms with van der Waals surface area (Å²) in [5.41, 5.74) is 1.13. The molecule has 0 unspecified atom stereocenters. The van der Waals surface area contributed by atoms with Crippen molar-refractivity contribution in [3.63, 3.8) is 0 Å². The standard InChI is InChI=1S/C16H23N5O/c1-11(2)16-17-7-5-14(20-16)18-10-12-6-9-22-15(12)13-4-8-19-21(13)3/h4-5,7-8,11-12,15H,6,9-10H2,1-3H3,(H,17,18,20)/t12-,15+/m0/s1. The Labute approximate surface area is 130 Å². The van der Waals surface area contributed by atoms with Crippen molar-refractivity contribution in [2.24, 2.45) is 13.0 Å². The fraction of sp³-hybridized carbons (Fsp3) is 0.562. The second-order valence-electron chi connectivity index (χ2n) is 6.06. The van der Waals surface area contributed by atoms with Crippen LogP contribution in [-0.2, 0) is 11.8 Å². The summed E-state index contributed by atoms with van der Waals surface area (Å²) in [5, 5.41) is 7.67. The molecule has 0 spiro atoms. The van der Waals surface area contributed by atoms with Gasteiger partial charge in [-0.2, -0.15) is 5.10 Å². The number of aryl methyl sites for hydroxylation is 1. The van der Waals surface area contributed by atoms with Gasteiger partial charge in [-0.1, -0.05) is 13.8 Å². The zero-order chi connectivity index (χ0) is 15.5. The van der Waals surface area contributed by atoms with Gasteiger partial charge in [0.05, 0.1) is 5.69 Å². The van der Waals surface area contributed by atoms with Crippen molar-refractivity contribution in [1.82, 2.24) is 19.7 Å². The number of ether oxygens (including phenoxy) is 1. The van der Waals surface area contributed by atoms with Crippen molar-refractivity contribution in [1.29, 1.82) is 0 Å². The van der Waals surface area contributed by atoms with Crippen molar-refractivity contribution in [2.75, 3.05) is 18.5 Å². The summed E-state index contributed by atoms with van der Waals surface area (Å²) in [5.74, 6) is 2.51. The van der Waals surface area contributed by atoms with Crippen molar-refractivity contribution >= 4 is 5.82 Å².